The van der Waals surface area contributed by atoms with E-state index in [0.717, 1.165) is 18.5 Å². The number of unbranched alkanes of at least 4 members (excludes halogenated alkanes) is 1. The molecule has 1 aliphatic heterocycles. The first-order valence-electron chi connectivity index (χ1n) is 9.50. The molecule has 2 aromatic carbocycles. The Labute approximate surface area is 167 Å². The van der Waals surface area contributed by atoms with Crippen molar-refractivity contribution in [2.75, 3.05) is 11.9 Å². The first-order chi connectivity index (χ1) is 14.1. The van der Waals surface area contributed by atoms with Crippen molar-refractivity contribution in [3.8, 4) is 5.69 Å². The summed E-state index contributed by atoms with van der Waals surface area (Å²) in [5.41, 5.74) is 2.26. The standard InChI is InChI=1S/C22H20N4O3/c1-2-3-12-25-21(28)16-10-9-15(14-17(16)22(25)29)20(27)24-18-7-4-5-8-19(18)26-13-6-11-23-26/h4-11,13-14H,2-3,12H2,1H3,(H,24,27). The molecule has 7 nitrogen and oxygen atoms in total. The van der Waals surface area contributed by atoms with E-state index in [4.69, 9.17) is 0 Å². The van der Waals surface area contributed by atoms with Gasteiger partial charge in [-0.15, -0.1) is 0 Å². The van der Waals surface area contributed by atoms with E-state index in [0.29, 0.717) is 23.4 Å². The van der Waals surface area contributed by atoms with E-state index in [-0.39, 0.29) is 23.3 Å². The molecule has 0 atom stereocenters. The number of anilines is 1. The molecule has 29 heavy (non-hydrogen) atoms. The third kappa shape index (κ3) is 3.42. The fourth-order valence-electron chi connectivity index (χ4n) is 3.34. The maximum atomic E-state index is 12.8. The van der Waals surface area contributed by atoms with Crippen molar-refractivity contribution < 1.29 is 14.4 Å². The van der Waals surface area contributed by atoms with Crippen LogP contribution in [0.3, 0.4) is 0 Å². The summed E-state index contributed by atoms with van der Waals surface area (Å²) in [6.07, 6.45) is 5.08. The summed E-state index contributed by atoms with van der Waals surface area (Å²) in [6.45, 7) is 2.39. The van der Waals surface area contributed by atoms with Gasteiger partial charge in [0.15, 0.2) is 0 Å². The molecule has 0 saturated heterocycles. The molecule has 2 heterocycles. The molecule has 0 bridgehead atoms. The van der Waals surface area contributed by atoms with Gasteiger partial charge in [0.05, 0.1) is 22.5 Å². The second-order valence-corrected chi connectivity index (χ2v) is 6.80. The molecule has 1 N–H and O–H groups in total. The van der Waals surface area contributed by atoms with Crippen LogP contribution >= 0.6 is 0 Å². The lowest BCUT2D eigenvalue weighted by atomic mass is 10.1. The van der Waals surface area contributed by atoms with Gasteiger partial charge in [-0.05, 0) is 42.8 Å². The Morgan fingerprint density at radius 1 is 1.03 bits per heavy atom. The number of carbonyl (C=O) groups is 3. The summed E-state index contributed by atoms with van der Waals surface area (Å²) >= 11 is 0. The molecule has 0 radical (unpaired) electrons. The average Bonchev–Trinajstić information content (AvgIpc) is 3.35. The highest BCUT2D eigenvalue weighted by Crippen LogP contribution is 2.25. The number of amides is 3. The van der Waals surface area contributed by atoms with E-state index in [1.807, 2.05) is 25.1 Å². The lowest BCUT2D eigenvalue weighted by Gasteiger charge is -2.12. The average molecular weight is 388 g/mol. The predicted octanol–water partition coefficient (Wildman–Crippen LogP) is 3.52. The van der Waals surface area contributed by atoms with Gasteiger partial charge in [-0.1, -0.05) is 25.5 Å². The van der Waals surface area contributed by atoms with Gasteiger partial charge < -0.3 is 5.32 Å². The van der Waals surface area contributed by atoms with Crippen LogP contribution in [0, 0.1) is 0 Å². The monoisotopic (exact) mass is 388 g/mol. The minimum atomic E-state index is -0.361. The Balaban J connectivity index is 1.59. The number of nitrogens with zero attached hydrogens (tertiary/aromatic N) is 3. The lowest BCUT2D eigenvalue weighted by molar-refractivity contribution is 0.0652. The molecule has 3 aromatic rings. The number of rotatable bonds is 6. The summed E-state index contributed by atoms with van der Waals surface area (Å²) in [5, 5.41) is 7.07. The Hall–Kier alpha value is -3.74. The largest absolute Gasteiger partial charge is 0.320 e. The van der Waals surface area contributed by atoms with Crippen molar-refractivity contribution >= 4 is 23.4 Å². The summed E-state index contributed by atoms with van der Waals surface area (Å²) in [5.74, 6) is -1.00. The summed E-state index contributed by atoms with van der Waals surface area (Å²) in [7, 11) is 0. The van der Waals surface area contributed by atoms with Gasteiger partial charge in [0.2, 0.25) is 0 Å². The minimum absolute atomic E-state index is 0.277. The molecule has 0 aliphatic carbocycles. The van der Waals surface area contributed by atoms with Crippen molar-refractivity contribution in [1.29, 1.82) is 0 Å². The van der Waals surface area contributed by atoms with Gasteiger partial charge in [0.25, 0.3) is 17.7 Å². The van der Waals surface area contributed by atoms with Crippen molar-refractivity contribution in [2.45, 2.75) is 19.8 Å². The number of hydrogen-bond donors (Lipinski definition) is 1. The number of fused-ring (bicyclic) bond motifs is 1. The summed E-state index contributed by atoms with van der Waals surface area (Å²) in [4.78, 5) is 39.2. The molecular formula is C22H20N4O3. The Bertz CT molecular complexity index is 1090. The van der Waals surface area contributed by atoms with Crippen LogP contribution in [0.2, 0.25) is 0 Å². The van der Waals surface area contributed by atoms with Crippen LogP contribution < -0.4 is 5.32 Å². The third-order valence-corrected chi connectivity index (χ3v) is 4.87. The number of hydrogen-bond acceptors (Lipinski definition) is 4. The molecule has 1 aromatic heterocycles. The minimum Gasteiger partial charge on any atom is -0.320 e. The van der Waals surface area contributed by atoms with E-state index < -0.39 is 0 Å². The molecule has 7 heteroatoms. The van der Waals surface area contributed by atoms with Crippen LogP contribution in [0.25, 0.3) is 5.69 Å². The summed E-state index contributed by atoms with van der Waals surface area (Å²) in [6, 6.07) is 13.7. The third-order valence-electron chi connectivity index (χ3n) is 4.87. The van der Waals surface area contributed by atoms with Crippen LogP contribution in [-0.2, 0) is 0 Å². The quantitative estimate of drug-likeness (QED) is 0.655. The van der Waals surface area contributed by atoms with Crippen molar-refractivity contribution in [3.05, 3.63) is 77.6 Å². The van der Waals surface area contributed by atoms with Crippen molar-refractivity contribution in [1.82, 2.24) is 14.7 Å². The number of aromatic nitrogens is 2. The van der Waals surface area contributed by atoms with Crippen molar-refractivity contribution in [3.63, 3.8) is 0 Å². The van der Waals surface area contributed by atoms with E-state index in [1.54, 1.807) is 41.3 Å². The number of benzene rings is 2. The van der Waals surface area contributed by atoms with Crippen LogP contribution in [0.15, 0.2) is 60.9 Å². The first kappa shape index (κ1) is 18.6. The fourth-order valence-corrected chi connectivity index (χ4v) is 3.34. The second-order valence-electron chi connectivity index (χ2n) is 6.80. The molecule has 4 rings (SSSR count). The Morgan fingerprint density at radius 2 is 1.83 bits per heavy atom. The molecule has 0 saturated carbocycles. The van der Waals surface area contributed by atoms with Gasteiger partial charge in [-0.2, -0.15) is 5.10 Å². The highest BCUT2D eigenvalue weighted by Gasteiger charge is 2.35. The van der Waals surface area contributed by atoms with Crippen LogP contribution in [0.4, 0.5) is 5.69 Å². The number of imide groups is 1. The molecule has 146 valence electrons. The zero-order chi connectivity index (χ0) is 20.4. The van der Waals surface area contributed by atoms with Crippen molar-refractivity contribution in [2.24, 2.45) is 0 Å². The lowest BCUT2D eigenvalue weighted by Crippen LogP contribution is -2.30. The second kappa shape index (κ2) is 7.71. The molecule has 1 aliphatic rings. The van der Waals surface area contributed by atoms with E-state index in [1.165, 1.54) is 11.0 Å². The fraction of sp³-hybridized carbons (Fsp3) is 0.182. The van der Waals surface area contributed by atoms with Crippen LogP contribution in [0.1, 0.15) is 50.8 Å². The maximum absolute atomic E-state index is 12.8. The Morgan fingerprint density at radius 3 is 2.59 bits per heavy atom. The maximum Gasteiger partial charge on any atom is 0.261 e. The van der Waals surface area contributed by atoms with Crippen LogP contribution in [-0.4, -0.2) is 38.9 Å². The van der Waals surface area contributed by atoms with Gasteiger partial charge in [0, 0.05) is 24.5 Å². The first-order valence-corrected chi connectivity index (χ1v) is 9.50. The van der Waals surface area contributed by atoms with E-state index >= 15 is 0 Å². The smallest absolute Gasteiger partial charge is 0.261 e. The normalized spacial score (nSPS) is 12.9. The van der Waals surface area contributed by atoms with Gasteiger partial charge in [-0.3, -0.25) is 19.3 Å². The van der Waals surface area contributed by atoms with E-state index in [9.17, 15) is 14.4 Å². The number of nitrogens with one attached hydrogen (secondary N) is 1. The molecule has 0 fully saturated rings. The zero-order valence-corrected chi connectivity index (χ0v) is 16.0. The van der Waals surface area contributed by atoms with Gasteiger partial charge in [0.1, 0.15) is 0 Å². The number of carbonyl (C=O) groups excluding carboxylic acids is 3. The highest BCUT2D eigenvalue weighted by molar-refractivity contribution is 6.22. The summed E-state index contributed by atoms with van der Waals surface area (Å²) < 4.78 is 1.66. The SMILES string of the molecule is CCCCN1C(=O)c2ccc(C(=O)Nc3ccccc3-n3cccn3)cc2C1=O. The molecule has 0 unspecified atom stereocenters. The van der Waals surface area contributed by atoms with Gasteiger partial charge >= 0.3 is 0 Å². The highest BCUT2D eigenvalue weighted by atomic mass is 16.2. The zero-order valence-electron chi connectivity index (χ0n) is 16.0. The molecule has 0 spiro atoms. The number of para-hydroxylation sites is 2. The van der Waals surface area contributed by atoms with Gasteiger partial charge in [-0.25, -0.2) is 4.68 Å². The van der Waals surface area contributed by atoms with Crippen LogP contribution in [0.5, 0.6) is 0 Å². The predicted molar refractivity (Wildman–Crippen MR) is 108 cm³/mol. The topological polar surface area (TPSA) is 84.3 Å². The molecule has 3 amide bonds. The Kier molecular flexibility index (Phi) is 4.95. The van der Waals surface area contributed by atoms with E-state index in [2.05, 4.69) is 10.4 Å². The molecular weight excluding hydrogens is 368 g/mol.